The molecule has 0 fully saturated rings. The summed E-state index contributed by atoms with van der Waals surface area (Å²) in [5.74, 6) is 1.43. The van der Waals surface area contributed by atoms with Crippen LogP contribution in [0.1, 0.15) is 35.7 Å². The lowest BCUT2D eigenvalue weighted by atomic mass is 10.1. The van der Waals surface area contributed by atoms with E-state index in [1.807, 2.05) is 19.9 Å². The molecule has 1 unspecified atom stereocenters. The Morgan fingerprint density at radius 2 is 2.23 bits per heavy atom. The van der Waals surface area contributed by atoms with Crippen LogP contribution in [-0.2, 0) is 24.4 Å². The number of benzene rings is 1. The molecule has 7 nitrogen and oxygen atoms in total. The fraction of sp³-hybridized carbons (Fsp3) is 0.389. The fourth-order valence-corrected chi connectivity index (χ4v) is 3.07. The van der Waals surface area contributed by atoms with E-state index >= 15 is 0 Å². The Morgan fingerprint density at radius 1 is 1.35 bits per heavy atom. The first-order valence-corrected chi connectivity index (χ1v) is 8.65. The Hall–Kier alpha value is -2.58. The van der Waals surface area contributed by atoms with E-state index in [0.717, 1.165) is 29.3 Å². The molecule has 0 aliphatic carbocycles. The van der Waals surface area contributed by atoms with Gasteiger partial charge in [0, 0.05) is 18.8 Å². The minimum Gasteiger partial charge on any atom is -0.372 e. The molecule has 0 saturated carbocycles. The maximum atomic E-state index is 14.5. The third-order valence-corrected chi connectivity index (χ3v) is 4.59. The van der Waals surface area contributed by atoms with Crippen molar-refractivity contribution in [2.45, 2.75) is 39.6 Å². The van der Waals surface area contributed by atoms with E-state index in [0.29, 0.717) is 25.4 Å². The molecule has 0 spiro atoms. The summed E-state index contributed by atoms with van der Waals surface area (Å²) in [4.78, 5) is 0. The van der Waals surface area contributed by atoms with Crippen LogP contribution >= 0.6 is 0 Å². The lowest BCUT2D eigenvalue weighted by Gasteiger charge is -2.18. The average Bonchev–Trinajstić information content (AvgIpc) is 3.26. The predicted octanol–water partition coefficient (Wildman–Crippen LogP) is 2.29. The normalized spacial score (nSPS) is 15.0. The molecule has 136 valence electrons. The van der Waals surface area contributed by atoms with Gasteiger partial charge in [-0.3, -0.25) is 0 Å². The zero-order valence-electron chi connectivity index (χ0n) is 14.8. The van der Waals surface area contributed by atoms with Crippen LogP contribution in [0.3, 0.4) is 0 Å². The van der Waals surface area contributed by atoms with Gasteiger partial charge in [0.1, 0.15) is 23.9 Å². The second-order valence-corrected chi connectivity index (χ2v) is 6.51. The smallest absolute Gasteiger partial charge is 0.159 e. The van der Waals surface area contributed by atoms with Gasteiger partial charge in [0.15, 0.2) is 5.82 Å². The van der Waals surface area contributed by atoms with E-state index in [1.54, 1.807) is 29.2 Å². The molecule has 1 aliphatic rings. The van der Waals surface area contributed by atoms with Crippen LogP contribution in [0.2, 0.25) is 0 Å². The van der Waals surface area contributed by atoms with Crippen LogP contribution in [0.15, 0.2) is 30.6 Å². The molecule has 3 heterocycles. The summed E-state index contributed by atoms with van der Waals surface area (Å²) in [5.41, 5.74) is 2.31. The first kappa shape index (κ1) is 16.9. The van der Waals surface area contributed by atoms with Crippen LogP contribution < -0.4 is 5.32 Å². The van der Waals surface area contributed by atoms with Crippen molar-refractivity contribution in [2.24, 2.45) is 0 Å². The van der Waals surface area contributed by atoms with Gasteiger partial charge in [-0.15, -0.1) is 10.2 Å². The molecule has 8 heteroatoms. The highest BCUT2D eigenvalue weighted by Crippen LogP contribution is 2.20. The van der Waals surface area contributed by atoms with Gasteiger partial charge in [-0.05, 0) is 37.1 Å². The minimum atomic E-state index is -0.295. The van der Waals surface area contributed by atoms with Gasteiger partial charge in [0.2, 0.25) is 0 Å². The lowest BCUT2D eigenvalue weighted by Crippen LogP contribution is -2.24. The number of aromatic nitrogens is 5. The van der Waals surface area contributed by atoms with Crippen LogP contribution in [-0.4, -0.2) is 31.2 Å². The van der Waals surface area contributed by atoms with Crippen molar-refractivity contribution in [3.8, 4) is 5.69 Å². The topological polar surface area (TPSA) is 69.8 Å². The van der Waals surface area contributed by atoms with Crippen molar-refractivity contribution in [3.63, 3.8) is 0 Å². The Labute approximate surface area is 150 Å². The van der Waals surface area contributed by atoms with Crippen molar-refractivity contribution < 1.29 is 9.13 Å². The third-order valence-electron chi connectivity index (χ3n) is 4.59. The maximum absolute atomic E-state index is 14.5. The van der Waals surface area contributed by atoms with E-state index in [1.165, 1.54) is 0 Å². The van der Waals surface area contributed by atoms with Crippen LogP contribution in [0.4, 0.5) is 4.39 Å². The Morgan fingerprint density at radius 3 is 3.00 bits per heavy atom. The zero-order chi connectivity index (χ0) is 18.1. The van der Waals surface area contributed by atoms with Crippen molar-refractivity contribution in [1.82, 2.24) is 29.9 Å². The monoisotopic (exact) mass is 356 g/mol. The Balaban J connectivity index is 1.46. The molecule has 1 aliphatic heterocycles. The molecule has 3 aromatic rings. The summed E-state index contributed by atoms with van der Waals surface area (Å²) in [7, 11) is 0. The Bertz CT molecular complexity index is 918. The molecule has 0 bridgehead atoms. The highest BCUT2D eigenvalue weighted by molar-refractivity contribution is 5.37. The van der Waals surface area contributed by atoms with Gasteiger partial charge in [0.05, 0.1) is 19.3 Å². The number of aryl methyl sites for hydroxylation is 1. The number of nitrogens with zero attached hydrogens (tertiary/aromatic N) is 5. The molecule has 0 radical (unpaired) electrons. The van der Waals surface area contributed by atoms with E-state index < -0.39 is 0 Å². The standard InChI is InChI=1S/C18H21FN6O/c1-12-8-21-25(10-12)16-4-3-14(7-15(16)19)13(2)20-9-17-22-23-18-11-26-6-5-24(17)18/h3-4,7-8,10,13,20H,5-6,9,11H2,1-2H3. The molecular formula is C18H21FN6O. The maximum Gasteiger partial charge on any atom is 0.159 e. The fourth-order valence-electron chi connectivity index (χ4n) is 3.07. The largest absolute Gasteiger partial charge is 0.372 e. The van der Waals surface area contributed by atoms with Gasteiger partial charge in [-0.1, -0.05) is 6.07 Å². The van der Waals surface area contributed by atoms with E-state index in [2.05, 4.69) is 25.2 Å². The molecule has 4 rings (SSSR count). The quantitative estimate of drug-likeness (QED) is 0.760. The lowest BCUT2D eigenvalue weighted by molar-refractivity contribution is 0.0804. The number of hydrogen-bond acceptors (Lipinski definition) is 5. The van der Waals surface area contributed by atoms with E-state index in [4.69, 9.17) is 4.74 Å². The average molecular weight is 356 g/mol. The predicted molar refractivity (Wildman–Crippen MR) is 93.2 cm³/mol. The van der Waals surface area contributed by atoms with Crippen LogP contribution in [0.25, 0.3) is 5.69 Å². The minimum absolute atomic E-state index is 0.0225. The van der Waals surface area contributed by atoms with Crippen molar-refractivity contribution >= 4 is 0 Å². The van der Waals surface area contributed by atoms with Gasteiger partial charge in [-0.2, -0.15) is 5.10 Å². The second-order valence-electron chi connectivity index (χ2n) is 6.51. The number of fused-ring (bicyclic) bond motifs is 1. The van der Waals surface area contributed by atoms with Crippen LogP contribution in [0, 0.1) is 12.7 Å². The number of halogens is 1. The van der Waals surface area contributed by atoms with E-state index in [-0.39, 0.29) is 11.9 Å². The van der Waals surface area contributed by atoms with Gasteiger partial charge >= 0.3 is 0 Å². The number of hydrogen-bond donors (Lipinski definition) is 1. The third kappa shape index (κ3) is 3.25. The molecule has 1 N–H and O–H groups in total. The van der Waals surface area contributed by atoms with Crippen LogP contribution in [0.5, 0.6) is 0 Å². The highest BCUT2D eigenvalue weighted by atomic mass is 19.1. The molecule has 1 aromatic carbocycles. The summed E-state index contributed by atoms with van der Waals surface area (Å²) in [6.07, 6.45) is 3.51. The summed E-state index contributed by atoms with van der Waals surface area (Å²) in [5, 5.41) is 15.9. The van der Waals surface area contributed by atoms with Crippen molar-refractivity contribution in [2.75, 3.05) is 6.61 Å². The van der Waals surface area contributed by atoms with Gasteiger partial charge in [-0.25, -0.2) is 9.07 Å². The van der Waals surface area contributed by atoms with E-state index in [9.17, 15) is 4.39 Å². The molecular weight excluding hydrogens is 335 g/mol. The molecule has 1 atom stereocenters. The molecule has 0 amide bonds. The van der Waals surface area contributed by atoms with Gasteiger partial charge in [0.25, 0.3) is 0 Å². The summed E-state index contributed by atoms with van der Waals surface area (Å²) in [6.45, 7) is 6.44. The summed E-state index contributed by atoms with van der Waals surface area (Å²) >= 11 is 0. The first-order valence-electron chi connectivity index (χ1n) is 8.65. The number of ether oxygens (including phenoxy) is 1. The summed E-state index contributed by atoms with van der Waals surface area (Å²) < 4.78 is 23.5. The molecule has 2 aromatic heterocycles. The highest BCUT2D eigenvalue weighted by Gasteiger charge is 2.17. The SMILES string of the molecule is Cc1cnn(-c2ccc(C(C)NCc3nnc4n3CCOC4)cc2F)c1. The number of nitrogens with one attached hydrogen (secondary N) is 1. The molecule has 0 saturated heterocycles. The second kappa shape index (κ2) is 6.97. The molecule has 26 heavy (non-hydrogen) atoms. The Kier molecular flexibility index (Phi) is 4.52. The first-order chi connectivity index (χ1) is 12.6. The van der Waals surface area contributed by atoms with Gasteiger partial charge < -0.3 is 14.6 Å². The van der Waals surface area contributed by atoms with Crippen molar-refractivity contribution in [3.05, 3.63) is 59.2 Å². The summed E-state index contributed by atoms with van der Waals surface area (Å²) in [6, 6.07) is 5.20. The van der Waals surface area contributed by atoms with Crippen molar-refractivity contribution in [1.29, 1.82) is 0 Å². The zero-order valence-corrected chi connectivity index (χ0v) is 14.8. The number of rotatable bonds is 5.